The second kappa shape index (κ2) is 9.40. The second-order valence-electron chi connectivity index (χ2n) is 6.72. The normalized spacial score (nSPS) is 10.6. The third-order valence-electron chi connectivity index (χ3n) is 4.44. The minimum Gasteiger partial charge on any atom is -0.451 e. The Morgan fingerprint density at radius 2 is 1.53 bits per heavy atom. The van der Waals surface area contributed by atoms with Gasteiger partial charge in [-0.2, -0.15) is 0 Å². The van der Waals surface area contributed by atoms with E-state index in [1.165, 1.54) is 12.1 Å². The van der Waals surface area contributed by atoms with E-state index >= 15 is 0 Å². The summed E-state index contributed by atoms with van der Waals surface area (Å²) in [6, 6.07) is 20.5. The number of carbonyl (C=O) groups is 2. The number of carbonyl (C=O) groups excluding carboxylic acids is 2. The first-order valence-electron chi connectivity index (χ1n) is 9.36. The molecule has 3 N–H and O–H groups in total. The molecule has 0 aliphatic rings. The SMILES string of the molecule is O=C(NC(=S)Nc1cccc(NC(=O)c2cc3ccccc3o2)c1)c1ccc(Cl)c(Cl)c1. The molecule has 3 aromatic carbocycles. The molecule has 4 aromatic rings. The van der Waals surface area contributed by atoms with E-state index in [4.69, 9.17) is 39.8 Å². The molecule has 4 rings (SSSR count). The molecule has 160 valence electrons. The standard InChI is InChI=1S/C23H15Cl2N3O3S/c24-17-9-8-14(10-18(17)25)21(29)28-23(32)27-16-6-3-5-15(12-16)26-22(30)20-11-13-4-1-2-7-19(13)31-20/h1-12H,(H,26,30)(H2,27,28,29,32). The Morgan fingerprint density at radius 1 is 0.781 bits per heavy atom. The summed E-state index contributed by atoms with van der Waals surface area (Å²) < 4.78 is 5.58. The van der Waals surface area contributed by atoms with E-state index in [0.717, 1.165) is 5.39 Å². The van der Waals surface area contributed by atoms with Crippen molar-refractivity contribution in [2.45, 2.75) is 0 Å². The molecule has 0 unspecified atom stereocenters. The molecule has 0 radical (unpaired) electrons. The Kier molecular flexibility index (Phi) is 6.41. The van der Waals surface area contributed by atoms with E-state index in [2.05, 4.69) is 16.0 Å². The first-order chi connectivity index (χ1) is 15.4. The van der Waals surface area contributed by atoms with Crippen LogP contribution < -0.4 is 16.0 Å². The van der Waals surface area contributed by atoms with Crippen LogP contribution in [0, 0.1) is 0 Å². The molecule has 1 heterocycles. The lowest BCUT2D eigenvalue weighted by molar-refractivity contribution is 0.0975. The van der Waals surface area contributed by atoms with Crippen LogP contribution in [0.15, 0.2) is 77.2 Å². The molecule has 2 amide bonds. The van der Waals surface area contributed by atoms with Crippen molar-refractivity contribution in [3.8, 4) is 0 Å². The largest absolute Gasteiger partial charge is 0.451 e. The molecular formula is C23H15Cl2N3O3S. The summed E-state index contributed by atoms with van der Waals surface area (Å²) in [5.41, 5.74) is 2.05. The summed E-state index contributed by atoms with van der Waals surface area (Å²) in [7, 11) is 0. The number of anilines is 2. The molecule has 0 atom stereocenters. The second-order valence-corrected chi connectivity index (χ2v) is 7.94. The van der Waals surface area contributed by atoms with Crippen molar-refractivity contribution in [1.29, 1.82) is 0 Å². The zero-order valence-corrected chi connectivity index (χ0v) is 18.6. The number of fused-ring (bicyclic) bond motifs is 1. The molecular weight excluding hydrogens is 469 g/mol. The minimum atomic E-state index is -0.435. The van der Waals surface area contributed by atoms with E-state index in [9.17, 15) is 9.59 Å². The zero-order valence-electron chi connectivity index (χ0n) is 16.3. The van der Waals surface area contributed by atoms with E-state index in [0.29, 0.717) is 27.5 Å². The Bertz CT molecular complexity index is 1320. The van der Waals surface area contributed by atoms with Crippen LogP contribution in [0.5, 0.6) is 0 Å². The third-order valence-corrected chi connectivity index (χ3v) is 5.38. The Hall–Kier alpha value is -3.39. The smallest absolute Gasteiger partial charge is 0.291 e. The minimum absolute atomic E-state index is 0.0850. The third kappa shape index (κ3) is 5.08. The number of thiocarbonyl (C=S) groups is 1. The fraction of sp³-hybridized carbons (Fsp3) is 0. The number of hydrogen-bond donors (Lipinski definition) is 3. The Labute approximate surface area is 198 Å². The lowest BCUT2D eigenvalue weighted by atomic mass is 10.2. The highest BCUT2D eigenvalue weighted by Crippen LogP contribution is 2.23. The topological polar surface area (TPSA) is 83.4 Å². The van der Waals surface area contributed by atoms with Crippen molar-refractivity contribution in [3.63, 3.8) is 0 Å². The summed E-state index contributed by atoms with van der Waals surface area (Å²) in [6.07, 6.45) is 0. The van der Waals surface area contributed by atoms with E-state index in [1.807, 2.05) is 18.2 Å². The molecule has 0 fully saturated rings. The summed E-state index contributed by atoms with van der Waals surface area (Å²) in [4.78, 5) is 24.9. The van der Waals surface area contributed by atoms with E-state index < -0.39 is 5.91 Å². The van der Waals surface area contributed by atoms with E-state index in [-0.39, 0.29) is 21.8 Å². The van der Waals surface area contributed by atoms with Crippen molar-refractivity contribution in [2.24, 2.45) is 0 Å². The maximum absolute atomic E-state index is 12.5. The highest BCUT2D eigenvalue weighted by atomic mass is 35.5. The molecule has 0 saturated heterocycles. The Balaban J connectivity index is 1.39. The van der Waals surface area contributed by atoms with Crippen LogP contribution in [-0.4, -0.2) is 16.9 Å². The fourth-order valence-electron chi connectivity index (χ4n) is 2.94. The van der Waals surface area contributed by atoms with Gasteiger partial charge in [0, 0.05) is 22.3 Å². The number of para-hydroxylation sites is 1. The maximum atomic E-state index is 12.5. The average molecular weight is 484 g/mol. The van der Waals surface area contributed by atoms with Crippen LogP contribution >= 0.6 is 35.4 Å². The van der Waals surface area contributed by atoms with Gasteiger partial charge >= 0.3 is 0 Å². The van der Waals surface area contributed by atoms with Gasteiger partial charge in [-0.15, -0.1) is 0 Å². The number of hydrogen-bond acceptors (Lipinski definition) is 4. The lowest BCUT2D eigenvalue weighted by Crippen LogP contribution is -2.34. The molecule has 0 bridgehead atoms. The van der Waals surface area contributed by atoms with Crippen LogP contribution in [0.3, 0.4) is 0 Å². The molecule has 0 aliphatic heterocycles. The average Bonchev–Trinajstić information content (AvgIpc) is 3.20. The van der Waals surface area contributed by atoms with Gasteiger partial charge in [-0.3, -0.25) is 14.9 Å². The van der Waals surface area contributed by atoms with Crippen molar-refractivity contribution in [1.82, 2.24) is 5.32 Å². The first-order valence-corrected chi connectivity index (χ1v) is 10.5. The summed E-state index contributed by atoms with van der Waals surface area (Å²) in [5.74, 6) is -0.613. The summed E-state index contributed by atoms with van der Waals surface area (Å²) in [5, 5.41) is 9.81. The van der Waals surface area contributed by atoms with E-state index in [1.54, 1.807) is 42.5 Å². The van der Waals surface area contributed by atoms with Crippen molar-refractivity contribution >= 4 is 74.7 Å². The number of nitrogens with one attached hydrogen (secondary N) is 3. The molecule has 0 saturated carbocycles. The number of halogens is 2. The molecule has 1 aromatic heterocycles. The van der Waals surface area contributed by atoms with Crippen LogP contribution in [-0.2, 0) is 0 Å². The van der Waals surface area contributed by atoms with Crippen molar-refractivity contribution < 1.29 is 14.0 Å². The number of furan rings is 1. The quantitative estimate of drug-likeness (QED) is 0.304. The highest BCUT2D eigenvalue weighted by molar-refractivity contribution is 7.80. The van der Waals surface area contributed by atoms with Gasteiger partial charge in [0.05, 0.1) is 10.0 Å². The first kappa shape index (κ1) is 21.8. The predicted octanol–water partition coefficient (Wildman–Crippen LogP) is 6.12. The lowest BCUT2D eigenvalue weighted by Gasteiger charge is -2.11. The van der Waals surface area contributed by atoms with Crippen molar-refractivity contribution in [2.75, 3.05) is 10.6 Å². The number of benzene rings is 3. The van der Waals surface area contributed by atoms with Crippen LogP contribution in [0.25, 0.3) is 11.0 Å². The molecule has 0 aliphatic carbocycles. The van der Waals surface area contributed by atoms with Gasteiger partial charge in [-0.05, 0) is 60.7 Å². The highest BCUT2D eigenvalue weighted by Gasteiger charge is 2.13. The monoisotopic (exact) mass is 483 g/mol. The maximum Gasteiger partial charge on any atom is 0.291 e. The van der Waals surface area contributed by atoms with Gasteiger partial charge in [-0.25, -0.2) is 0 Å². The zero-order chi connectivity index (χ0) is 22.7. The van der Waals surface area contributed by atoms with Crippen LogP contribution in [0.2, 0.25) is 10.0 Å². The van der Waals surface area contributed by atoms with Gasteiger partial charge < -0.3 is 15.1 Å². The van der Waals surface area contributed by atoms with Gasteiger partial charge in [-0.1, -0.05) is 47.5 Å². The fourth-order valence-corrected chi connectivity index (χ4v) is 3.44. The molecule has 0 spiro atoms. The number of rotatable bonds is 4. The van der Waals surface area contributed by atoms with Crippen molar-refractivity contribution in [3.05, 3.63) is 94.2 Å². The predicted molar refractivity (Wildman–Crippen MR) is 131 cm³/mol. The van der Waals surface area contributed by atoms with Gasteiger partial charge in [0.25, 0.3) is 11.8 Å². The van der Waals surface area contributed by atoms with Gasteiger partial charge in [0.1, 0.15) is 5.58 Å². The van der Waals surface area contributed by atoms with Gasteiger partial charge in [0.15, 0.2) is 10.9 Å². The Morgan fingerprint density at radius 3 is 2.28 bits per heavy atom. The van der Waals surface area contributed by atoms with Crippen LogP contribution in [0.1, 0.15) is 20.9 Å². The number of amides is 2. The molecule has 6 nitrogen and oxygen atoms in total. The molecule has 32 heavy (non-hydrogen) atoms. The van der Waals surface area contributed by atoms with Crippen LogP contribution in [0.4, 0.5) is 11.4 Å². The summed E-state index contributed by atoms with van der Waals surface area (Å²) in [6.45, 7) is 0. The summed E-state index contributed by atoms with van der Waals surface area (Å²) >= 11 is 17.0. The van der Waals surface area contributed by atoms with Gasteiger partial charge in [0.2, 0.25) is 0 Å². The molecule has 9 heteroatoms.